The Morgan fingerprint density at radius 2 is 1.93 bits per heavy atom. The molecular weight excluding hydrogens is 188 g/mol. The number of nitrogens with two attached hydrogens (primary N) is 1. The van der Waals surface area contributed by atoms with Gasteiger partial charge in [-0.15, -0.1) is 0 Å². The molecule has 2 rings (SSSR count). The highest BCUT2D eigenvalue weighted by Crippen LogP contribution is 2.30. The first-order valence-corrected chi connectivity index (χ1v) is 6.39. The molecule has 0 aromatic rings. The second-order valence-corrected chi connectivity index (χ2v) is 5.35. The Labute approximate surface area is 92.4 Å². The summed E-state index contributed by atoms with van der Waals surface area (Å²) in [6.45, 7) is 1.56. The van der Waals surface area contributed by atoms with Crippen molar-refractivity contribution in [3.8, 4) is 0 Å². The summed E-state index contributed by atoms with van der Waals surface area (Å²) in [7, 11) is 0. The summed E-state index contributed by atoms with van der Waals surface area (Å²) in [6.07, 6.45) is 8.09. The highest BCUT2D eigenvalue weighted by atomic mass is 16.3. The van der Waals surface area contributed by atoms with E-state index in [2.05, 4.69) is 5.32 Å². The van der Waals surface area contributed by atoms with Crippen LogP contribution in [0.2, 0.25) is 0 Å². The fourth-order valence-corrected chi connectivity index (χ4v) is 3.12. The van der Waals surface area contributed by atoms with Crippen LogP contribution in [0.15, 0.2) is 0 Å². The summed E-state index contributed by atoms with van der Waals surface area (Å²) in [5.41, 5.74) is 5.32. The predicted octanol–water partition coefficient (Wildman–Crippen LogP) is 1.01. The lowest BCUT2D eigenvalue weighted by molar-refractivity contribution is 0.0436. The van der Waals surface area contributed by atoms with Crippen LogP contribution in [0.4, 0.5) is 0 Å². The lowest BCUT2D eigenvalue weighted by Crippen LogP contribution is -2.45. The van der Waals surface area contributed by atoms with Crippen LogP contribution in [0.3, 0.4) is 0 Å². The largest absolute Gasteiger partial charge is 0.389 e. The summed E-state index contributed by atoms with van der Waals surface area (Å²) in [5.74, 6) is 0.634. The molecule has 2 aliphatic rings. The maximum Gasteiger partial charge on any atom is 0.0771 e. The Morgan fingerprint density at radius 3 is 2.60 bits per heavy atom. The van der Waals surface area contributed by atoms with E-state index in [1.165, 1.54) is 32.1 Å². The molecule has 0 spiro atoms. The Kier molecular flexibility index (Phi) is 3.65. The normalized spacial score (nSPS) is 34.8. The Bertz CT molecular complexity index is 202. The van der Waals surface area contributed by atoms with Gasteiger partial charge in [0.05, 0.1) is 5.60 Å². The van der Waals surface area contributed by atoms with Gasteiger partial charge in [-0.3, -0.25) is 0 Å². The fourth-order valence-electron chi connectivity index (χ4n) is 3.12. The zero-order valence-corrected chi connectivity index (χ0v) is 9.54. The number of aliphatic hydroxyl groups is 1. The molecule has 0 radical (unpaired) electrons. The molecule has 2 aliphatic carbocycles. The molecular formula is C12H24N2O. The molecule has 0 saturated heterocycles. The van der Waals surface area contributed by atoms with Crippen LogP contribution < -0.4 is 11.1 Å². The van der Waals surface area contributed by atoms with Crippen molar-refractivity contribution in [3.05, 3.63) is 0 Å². The SMILES string of the molecule is NCC1CCCC1NCC1(O)CCCC1. The third-order valence-electron chi connectivity index (χ3n) is 4.19. The van der Waals surface area contributed by atoms with E-state index in [9.17, 15) is 5.11 Å². The molecule has 0 heterocycles. The van der Waals surface area contributed by atoms with Gasteiger partial charge < -0.3 is 16.2 Å². The van der Waals surface area contributed by atoms with Crippen LogP contribution in [0.1, 0.15) is 44.9 Å². The lowest BCUT2D eigenvalue weighted by atomic mass is 9.99. The maximum absolute atomic E-state index is 10.2. The van der Waals surface area contributed by atoms with Crippen molar-refractivity contribution in [2.45, 2.75) is 56.6 Å². The first kappa shape index (κ1) is 11.4. The van der Waals surface area contributed by atoms with E-state index >= 15 is 0 Å². The summed E-state index contributed by atoms with van der Waals surface area (Å²) >= 11 is 0. The molecule has 2 unspecified atom stereocenters. The first-order valence-electron chi connectivity index (χ1n) is 6.39. The van der Waals surface area contributed by atoms with Crippen LogP contribution in [0.25, 0.3) is 0 Å². The van der Waals surface area contributed by atoms with E-state index in [0.29, 0.717) is 12.0 Å². The fraction of sp³-hybridized carbons (Fsp3) is 1.00. The van der Waals surface area contributed by atoms with Crippen LogP contribution >= 0.6 is 0 Å². The third kappa shape index (κ3) is 2.71. The van der Waals surface area contributed by atoms with E-state index < -0.39 is 5.60 Å². The van der Waals surface area contributed by atoms with Gasteiger partial charge in [0.15, 0.2) is 0 Å². The van der Waals surface area contributed by atoms with Crippen molar-refractivity contribution in [1.82, 2.24) is 5.32 Å². The molecule has 3 heteroatoms. The standard InChI is InChI=1S/C12H24N2O/c13-8-10-4-3-5-11(10)14-9-12(15)6-1-2-7-12/h10-11,14-15H,1-9,13H2. The van der Waals surface area contributed by atoms with Gasteiger partial charge in [-0.25, -0.2) is 0 Å². The molecule has 3 nitrogen and oxygen atoms in total. The zero-order chi connectivity index (χ0) is 10.7. The number of nitrogens with one attached hydrogen (secondary N) is 1. The molecule has 0 aromatic heterocycles. The summed E-state index contributed by atoms with van der Waals surface area (Å²) in [6, 6.07) is 0.555. The van der Waals surface area contributed by atoms with Gasteiger partial charge in [0, 0.05) is 12.6 Å². The van der Waals surface area contributed by atoms with Crippen LogP contribution in [-0.4, -0.2) is 29.8 Å². The van der Waals surface area contributed by atoms with Gasteiger partial charge in [-0.2, -0.15) is 0 Å². The van der Waals surface area contributed by atoms with Crippen LogP contribution in [0, 0.1) is 5.92 Å². The Morgan fingerprint density at radius 1 is 1.20 bits per heavy atom. The minimum absolute atomic E-state index is 0.415. The topological polar surface area (TPSA) is 58.3 Å². The van der Waals surface area contributed by atoms with Gasteiger partial charge in [0.25, 0.3) is 0 Å². The molecule has 4 N–H and O–H groups in total. The molecule has 15 heavy (non-hydrogen) atoms. The number of hydrogen-bond acceptors (Lipinski definition) is 3. The molecule has 0 aliphatic heterocycles. The average molecular weight is 212 g/mol. The highest BCUT2D eigenvalue weighted by molar-refractivity contribution is 4.90. The van der Waals surface area contributed by atoms with Crippen molar-refractivity contribution in [3.63, 3.8) is 0 Å². The summed E-state index contributed by atoms with van der Waals surface area (Å²) in [4.78, 5) is 0. The van der Waals surface area contributed by atoms with Gasteiger partial charge >= 0.3 is 0 Å². The molecule has 0 aromatic carbocycles. The Hall–Kier alpha value is -0.120. The molecule has 2 saturated carbocycles. The van der Waals surface area contributed by atoms with E-state index in [0.717, 1.165) is 25.9 Å². The predicted molar refractivity (Wildman–Crippen MR) is 61.6 cm³/mol. The second-order valence-electron chi connectivity index (χ2n) is 5.35. The molecule has 88 valence electrons. The minimum atomic E-state index is -0.415. The quantitative estimate of drug-likeness (QED) is 0.652. The van der Waals surface area contributed by atoms with Crippen molar-refractivity contribution < 1.29 is 5.11 Å². The van der Waals surface area contributed by atoms with Crippen molar-refractivity contribution in [2.24, 2.45) is 11.7 Å². The number of rotatable bonds is 4. The third-order valence-corrected chi connectivity index (χ3v) is 4.19. The van der Waals surface area contributed by atoms with Crippen LogP contribution in [-0.2, 0) is 0 Å². The van der Waals surface area contributed by atoms with E-state index in [1.54, 1.807) is 0 Å². The first-order chi connectivity index (χ1) is 7.23. The summed E-state index contributed by atoms with van der Waals surface area (Å²) in [5, 5.41) is 13.8. The Balaban J connectivity index is 1.77. The summed E-state index contributed by atoms with van der Waals surface area (Å²) < 4.78 is 0. The van der Waals surface area contributed by atoms with Gasteiger partial charge in [-0.1, -0.05) is 19.3 Å². The van der Waals surface area contributed by atoms with Gasteiger partial charge in [0.1, 0.15) is 0 Å². The van der Waals surface area contributed by atoms with Crippen molar-refractivity contribution in [2.75, 3.05) is 13.1 Å². The van der Waals surface area contributed by atoms with Gasteiger partial charge in [-0.05, 0) is 38.1 Å². The van der Waals surface area contributed by atoms with Crippen molar-refractivity contribution in [1.29, 1.82) is 0 Å². The highest BCUT2D eigenvalue weighted by Gasteiger charge is 2.33. The van der Waals surface area contributed by atoms with Crippen LogP contribution in [0.5, 0.6) is 0 Å². The molecule has 0 amide bonds. The molecule has 2 atom stereocenters. The van der Waals surface area contributed by atoms with Crippen molar-refractivity contribution >= 4 is 0 Å². The van der Waals surface area contributed by atoms with E-state index in [1.807, 2.05) is 0 Å². The monoisotopic (exact) mass is 212 g/mol. The minimum Gasteiger partial charge on any atom is -0.389 e. The van der Waals surface area contributed by atoms with E-state index in [-0.39, 0.29) is 0 Å². The van der Waals surface area contributed by atoms with Gasteiger partial charge in [0.2, 0.25) is 0 Å². The van der Waals surface area contributed by atoms with E-state index in [4.69, 9.17) is 5.73 Å². The molecule has 0 bridgehead atoms. The second kappa shape index (κ2) is 4.81. The molecule has 2 fully saturated rings. The lowest BCUT2D eigenvalue weighted by Gasteiger charge is -2.27. The number of hydrogen-bond donors (Lipinski definition) is 3. The average Bonchev–Trinajstić information content (AvgIpc) is 2.84. The maximum atomic E-state index is 10.2. The zero-order valence-electron chi connectivity index (χ0n) is 9.54. The smallest absolute Gasteiger partial charge is 0.0771 e.